The Kier molecular flexibility index (Phi) is 3.59. The minimum Gasteiger partial charge on any atom is -0.444 e. The van der Waals surface area contributed by atoms with Crippen LogP contribution in [0.25, 0.3) is 11.5 Å². The number of aromatic nitrogens is 1. The van der Waals surface area contributed by atoms with Crippen molar-refractivity contribution >= 4 is 11.6 Å². The second-order valence-electron chi connectivity index (χ2n) is 3.43. The number of benzene rings is 1. The molecule has 1 aromatic carbocycles. The van der Waals surface area contributed by atoms with E-state index in [1.165, 1.54) is 0 Å². The van der Waals surface area contributed by atoms with E-state index in [1.807, 2.05) is 24.3 Å². The van der Waals surface area contributed by atoms with Crippen molar-refractivity contribution in [1.29, 1.82) is 0 Å². The molecule has 0 fully saturated rings. The molecule has 0 bridgehead atoms. The molecule has 0 unspecified atom stereocenters. The minimum absolute atomic E-state index is 0.607. The normalized spacial score (nSPS) is 10.6. The maximum absolute atomic E-state index is 5.90. The molecule has 0 aliphatic carbocycles. The van der Waals surface area contributed by atoms with Crippen molar-refractivity contribution in [3.63, 3.8) is 0 Å². The summed E-state index contributed by atoms with van der Waals surface area (Å²) in [5.74, 6) is 0.607. The van der Waals surface area contributed by atoms with E-state index in [0.29, 0.717) is 10.9 Å². The van der Waals surface area contributed by atoms with Gasteiger partial charge in [-0.1, -0.05) is 24.6 Å². The van der Waals surface area contributed by atoms with Crippen molar-refractivity contribution in [2.45, 2.75) is 13.5 Å². The molecular formula is C12H13ClN2O. The molecule has 0 saturated carbocycles. The van der Waals surface area contributed by atoms with E-state index < -0.39 is 0 Å². The lowest BCUT2D eigenvalue weighted by atomic mass is 10.2. The molecule has 0 aliphatic heterocycles. The van der Waals surface area contributed by atoms with E-state index in [2.05, 4.69) is 17.2 Å². The van der Waals surface area contributed by atoms with Gasteiger partial charge in [-0.05, 0) is 24.7 Å². The number of nitrogens with zero attached hydrogens (tertiary/aromatic N) is 1. The van der Waals surface area contributed by atoms with Crippen molar-refractivity contribution in [2.75, 3.05) is 6.54 Å². The molecule has 2 rings (SSSR count). The van der Waals surface area contributed by atoms with Gasteiger partial charge in [0.2, 0.25) is 5.89 Å². The van der Waals surface area contributed by atoms with Crippen LogP contribution in [0.15, 0.2) is 34.9 Å². The molecule has 0 aliphatic rings. The van der Waals surface area contributed by atoms with Crippen LogP contribution in [-0.4, -0.2) is 11.5 Å². The van der Waals surface area contributed by atoms with Crippen molar-refractivity contribution in [3.8, 4) is 11.5 Å². The fourth-order valence-electron chi connectivity index (χ4n) is 1.40. The molecule has 1 heterocycles. The molecule has 0 spiro atoms. The van der Waals surface area contributed by atoms with Crippen LogP contribution < -0.4 is 5.32 Å². The number of halogens is 1. The van der Waals surface area contributed by atoms with E-state index in [-0.39, 0.29) is 0 Å². The lowest BCUT2D eigenvalue weighted by Gasteiger charge is -1.96. The first-order chi connectivity index (χ1) is 7.79. The van der Waals surface area contributed by atoms with Crippen molar-refractivity contribution < 1.29 is 4.42 Å². The topological polar surface area (TPSA) is 38.1 Å². The molecule has 2 aromatic rings. The van der Waals surface area contributed by atoms with E-state index in [0.717, 1.165) is 24.3 Å². The Morgan fingerprint density at radius 1 is 1.44 bits per heavy atom. The molecule has 0 amide bonds. The summed E-state index contributed by atoms with van der Waals surface area (Å²) >= 11 is 5.90. The summed E-state index contributed by atoms with van der Waals surface area (Å²) in [4.78, 5) is 4.37. The van der Waals surface area contributed by atoms with Gasteiger partial charge in [-0.25, -0.2) is 4.98 Å². The molecular weight excluding hydrogens is 224 g/mol. The summed E-state index contributed by atoms with van der Waals surface area (Å²) in [6.45, 7) is 3.69. The van der Waals surface area contributed by atoms with Gasteiger partial charge in [0.25, 0.3) is 0 Å². The van der Waals surface area contributed by atoms with Gasteiger partial charge in [-0.3, -0.25) is 0 Å². The third kappa shape index (κ3) is 2.62. The first-order valence-electron chi connectivity index (χ1n) is 5.20. The second-order valence-corrected chi connectivity index (χ2v) is 3.87. The zero-order valence-electron chi connectivity index (χ0n) is 9.03. The van der Waals surface area contributed by atoms with Crippen molar-refractivity contribution in [3.05, 3.63) is 41.2 Å². The fourth-order valence-corrected chi connectivity index (χ4v) is 1.59. The SMILES string of the molecule is CCNCc1coc(-c2cccc(Cl)c2)n1. The van der Waals surface area contributed by atoms with Crippen molar-refractivity contribution in [1.82, 2.24) is 10.3 Å². The Balaban J connectivity index is 2.18. The number of nitrogens with one attached hydrogen (secondary N) is 1. The van der Waals surface area contributed by atoms with E-state index in [9.17, 15) is 0 Å². The number of rotatable bonds is 4. The highest BCUT2D eigenvalue weighted by molar-refractivity contribution is 6.30. The molecule has 0 saturated heterocycles. The standard InChI is InChI=1S/C12H13ClN2O/c1-2-14-7-11-8-16-12(15-11)9-4-3-5-10(13)6-9/h3-6,8,14H,2,7H2,1H3. The van der Waals surface area contributed by atoms with Crippen LogP contribution in [0.2, 0.25) is 5.02 Å². The van der Waals surface area contributed by atoms with Crippen LogP contribution in [0.3, 0.4) is 0 Å². The smallest absolute Gasteiger partial charge is 0.226 e. The van der Waals surface area contributed by atoms with E-state index in [4.69, 9.17) is 16.0 Å². The molecule has 1 aromatic heterocycles. The summed E-state index contributed by atoms with van der Waals surface area (Å²) in [6, 6.07) is 7.47. The van der Waals surface area contributed by atoms with Crippen LogP contribution in [0.4, 0.5) is 0 Å². The average molecular weight is 237 g/mol. The van der Waals surface area contributed by atoms with Crippen LogP contribution in [0.1, 0.15) is 12.6 Å². The third-order valence-electron chi connectivity index (χ3n) is 2.18. The van der Waals surface area contributed by atoms with Gasteiger partial charge < -0.3 is 9.73 Å². The van der Waals surface area contributed by atoms with E-state index >= 15 is 0 Å². The highest BCUT2D eigenvalue weighted by Crippen LogP contribution is 2.21. The Morgan fingerprint density at radius 2 is 2.31 bits per heavy atom. The third-order valence-corrected chi connectivity index (χ3v) is 2.41. The van der Waals surface area contributed by atoms with Gasteiger partial charge in [0.05, 0.1) is 5.69 Å². The second kappa shape index (κ2) is 5.14. The zero-order chi connectivity index (χ0) is 11.4. The molecule has 4 heteroatoms. The Labute approximate surface area is 99.5 Å². The maximum atomic E-state index is 5.90. The van der Waals surface area contributed by atoms with Crippen molar-refractivity contribution in [2.24, 2.45) is 0 Å². The number of oxazole rings is 1. The lowest BCUT2D eigenvalue weighted by molar-refractivity contribution is 0.570. The van der Waals surface area contributed by atoms with Gasteiger partial charge in [-0.2, -0.15) is 0 Å². The average Bonchev–Trinajstić information content (AvgIpc) is 2.75. The predicted molar refractivity (Wildman–Crippen MR) is 64.3 cm³/mol. The van der Waals surface area contributed by atoms with Gasteiger partial charge in [0.15, 0.2) is 0 Å². The Morgan fingerprint density at radius 3 is 3.06 bits per heavy atom. The molecule has 84 valence electrons. The van der Waals surface area contributed by atoms with Gasteiger partial charge in [0.1, 0.15) is 6.26 Å². The summed E-state index contributed by atoms with van der Waals surface area (Å²) in [5, 5.41) is 3.88. The minimum atomic E-state index is 0.607. The lowest BCUT2D eigenvalue weighted by Crippen LogP contribution is -2.11. The summed E-state index contributed by atoms with van der Waals surface area (Å²) < 4.78 is 5.39. The highest BCUT2D eigenvalue weighted by Gasteiger charge is 2.06. The molecule has 16 heavy (non-hydrogen) atoms. The van der Waals surface area contributed by atoms with Crippen LogP contribution in [0.5, 0.6) is 0 Å². The van der Waals surface area contributed by atoms with Crippen LogP contribution >= 0.6 is 11.6 Å². The monoisotopic (exact) mass is 236 g/mol. The predicted octanol–water partition coefficient (Wildman–Crippen LogP) is 3.10. The largest absolute Gasteiger partial charge is 0.444 e. The first-order valence-corrected chi connectivity index (χ1v) is 5.58. The molecule has 3 nitrogen and oxygen atoms in total. The molecule has 0 atom stereocenters. The number of hydrogen-bond acceptors (Lipinski definition) is 3. The maximum Gasteiger partial charge on any atom is 0.226 e. The van der Waals surface area contributed by atoms with Gasteiger partial charge in [0, 0.05) is 17.1 Å². The van der Waals surface area contributed by atoms with Crippen LogP contribution in [0, 0.1) is 0 Å². The molecule has 0 radical (unpaired) electrons. The summed E-state index contributed by atoms with van der Waals surface area (Å²) in [7, 11) is 0. The van der Waals surface area contributed by atoms with Crippen LogP contribution in [-0.2, 0) is 6.54 Å². The summed E-state index contributed by atoms with van der Waals surface area (Å²) in [6.07, 6.45) is 1.67. The summed E-state index contributed by atoms with van der Waals surface area (Å²) in [5.41, 5.74) is 1.80. The zero-order valence-corrected chi connectivity index (χ0v) is 9.79. The Hall–Kier alpha value is -1.32. The van der Waals surface area contributed by atoms with E-state index in [1.54, 1.807) is 6.26 Å². The fraction of sp³-hybridized carbons (Fsp3) is 0.250. The highest BCUT2D eigenvalue weighted by atomic mass is 35.5. The first kappa shape index (κ1) is 11.2. The van der Waals surface area contributed by atoms with Gasteiger partial charge in [-0.15, -0.1) is 0 Å². The van der Waals surface area contributed by atoms with Gasteiger partial charge >= 0.3 is 0 Å². The Bertz CT molecular complexity index is 468. The number of hydrogen-bond donors (Lipinski definition) is 1. The quantitative estimate of drug-likeness (QED) is 0.887. The molecule has 1 N–H and O–H groups in total.